The quantitative estimate of drug-likeness (QED) is 0.748. The van der Waals surface area contributed by atoms with Gasteiger partial charge in [-0.05, 0) is 32.0 Å². The van der Waals surface area contributed by atoms with Crippen molar-refractivity contribution < 1.29 is 19.3 Å². The van der Waals surface area contributed by atoms with E-state index in [0.717, 1.165) is 63.0 Å². The zero-order valence-corrected chi connectivity index (χ0v) is 16.6. The van der Waals surface area contributed by atoms with Gasteiger partial charge < -0.3 is 19.3 Å². The van der Waals surface area contributed by atoms with Crippen LogP contribution in [-0.2, 0) is 11.3 Å². The smallest absolute Gasteiger partial charge is 0.165 e. The summed E-state index contributed by atoms with van der Waals surface area (Å²) < 4.78 is 17.0. The van der Waals surface area contributed by atoms with Crippen LogP contribution in [0.5, 0.6) is 11.5 Å². The Hall–Kier alpha value is -1.34. The van der Waals surface area contributed by atoms with E-state index in [2.05, 4.69) is 15.9 Å². The summed E-state index contributed by atoms with van der Waals surface area (Å²) in [7, 11) is 1.67. The molecule has 0 aromatic heterocycles. The number of aliphatic hydroxyl groups excluding tert-OH is 1. The molecule has 1 aromatic carbocycles. The number of likely N-dealkylation sites (tertiary alicyclic amines) is 1. The third kappa shape index (κ3) is 6.35. The number of nitrogens with zero attached hydrogens (tertiary/aromatic N) is 2. The minimum Gasteiger partial charge on any atom is -0.493 e. The Morgan fingerprint density at radius 2 is 1.78 bits per heavy atom. The molecule has 0 aliphatic carbocycles. The standard InChI is InChI=1S/C21H34N2O4/c1-25-20-8-6-7-18(15-22-9-4-2-3-5-10-22)21(20)27-17-19(24)16-23-11-13-26-14-12-23/h6-8,19,24H,2-5,9-17H2,1H3/t19-/m1/s1. The molecule has 2 aliphatic heterocycles. The molecular formula is C21H34N2O4. The van der Waals surface area contributed by atoms with Gasteiger partial charge in [-0.15, -0.1) is 0 Å². The summed E-state index contributed by atoms with van der Waals surface area (Å²) in [5.74, 6) is 1.51. The van der Waals surface area contributed by atoms with Crippen molar-refractivity contribution in [2.24, 2.45) is 0 Å². The normalized spacial score (nSPS) is 20.8. The molecule has 2 heterocycles. The first-order chi connectivity index (χ1) is 13.3. The Morgan fingerprint density at radius 3 is 2.48 bits per heavy atom. The van der Waals surface area contributed by atoms with Gasteiger partial charge in [0, 0.05) is 31.7 Å². The maximum Gasteiger partial charge on any atom is 0.165 e. The molecule has 2 fully saturated rings. The fourth-order valence-electron chi connectivity index (χ4n) is 3.86. The fourth-order valence-corrected chi connectivity index (χ4v) is 3.86. The highest BCUT2D eigenvalue weighted by Gasteiger charge is 2.19. The molecule has 0 unspecified atom stereocenters. The number of ether oxygens (including phenoxy) is 3. The van der Waals surface area contributed by atoms with Crippen LogP contribution < -0.4 is 9.47 Å². The molecule has 1 atom stereocenters. The van der Waals surface area contributed by atoms with Crippen LogP contribution in [0.3, 0.4) is 0 Å². The number of morpholine rings is 1. The second kappa shape index (κ2) is 10.9. The van der Waals surface area contributed by atoms with Gasteiger partial charge in [0.1, 0.15) is 12.7 Å². The first-order valence-electron chi connectivity index (χ1n) is 10.3. The molecule has 152 valence electrons. The van der Waals surface area contributed by atoms with Gasteiger partial charge in [-0.25, -0.2) is 0 Å². The lowest BCUT2D eigenvalue weighted by Gasteiger charge is -2.28. The zero-order valence-electron chi connectivity index (χ0n) is 16.6. The summed E-state index contributed by atoms with van der Waals surface area (Å²) in [6, 6.07) is 6.05. The molecule has 0 radical (unpaired) electrons. The maximum atomic E-state index is 10.4. The zero-order chi connectivity index (χ0) is 18.9. The number of benzene rings is 1. The van der Waals surface area contributed by atoms with Gasteiger partial charge in [0.05, 0.1) is 20.3 Å². The number of methoxy groups -OCH3 is 1. The Kier molecular flexibility index (Phi) is 8.20. The van der Waals surface area contributed by atoms with E-state index >= 15 is 0 Å². The summed E-state index contributed by atoms with van der Waals surface area (Å²) in [6.07, 6.45) is 4.65. The van der Waals surface area contributed by atoms with Crippen molar-refractivity contribution in [3.05, 3.63) is 23.8 Å². The molecule has 2 saturated heterocycles. The topological polar surface area (TPSA) is 54.4 Å². The number of rotatable bonds is 8. The van der Waals surface area contributed by atoms with Crippen molar-refractivity contribution in [1.82, 2.24) is 9.80 Å². The van der Waals surface area contributed by atoms with Crippen molar-refractivity contribution in [3.63, 3.8) is 0 Å². The Balaban J connectivity index is 1.60. The average Bonchev–Trinajstić information content (AvgIpc) is 2.96. The molecule has 6 nitrogen and oxygen atoms in total. The fraction of sp³-hybridized carbons (Fsp3) is 0.714. The van der Waals surface area contributed by atoms with Crippen molar-refractivity contribution >= 4 is 0 Å². The van der Waals surface area contributed by atoms with Crippen LogP contribution >= 0.6 is 0 Å². The molecule has 3 rings (SSSR count). The third-order valence-corrected chi connectivity index (χ3v) is 5.37. The van der Waals surface area contributed by atoms with E-state index < -0.39 is 6.10 Å². The van der Waals surface area contributed by atoms with Crippen molar-refractivity contribution in [2.45, 2.75) is 38.3 Å². The van der Waals surface area contributed by atoms with E-state index in [4.69, 9.17) is 14.2 Å². The molecule has 1 N–H and O–H groups in total. The van der Waals surface area contributed by atoms with Crippen LogP contribution in [0.2, 0.25) is 0 Å². The Bertz CT molecular complexity index is 555. The summed E-state index contributed by atoms with van der Waals surface area (Å²) in [4.78, 5) is 4.72. The number of aliphatic hydroxyl groups is 1. The summed E-state index contributed by atoms with van der Waals surface area (Å²) in [5, 5.41) is 10.4. The van der Waals surface area contributed by atoms with Crippen LogP contribution in [-0.4, -0.2) is 80.7 Å². The molecule has 2 aliphatic rings. The molecule has 0 spiro atoms. The van der Waals surface area contributed by atoms with Gasteiger partial charge in [-0.1, -0.05) is 25.0 Å². The first-order valence-corrected chi connectivity index (χ1v) is 10.3. The number of hydrogen-bond acceptors (Lipinski definition) is 6. The lowest BCUT2D eigenvalue weighted by Crippen LogP contribution is -2.42. The first kappa shape index (κ1) is 20.4. The van der Waals surface area contributed by atoms with E-state index in [1.54, 1.807) is 7.11 Å². The largest absolute Gasteiger partial charge is 0.493 e. The Morgan fingerprint density at radius 1 is 1.04 bits per heavy atom. The van der Waals surface area contributed by atoms with Crippen LogP contribution in [0.25, 0.3) is 0 Å². The molecular weight excluding hydrogens is 344 g/mol. The van der Waals surface area contributed by atoms with E-state index in [9.17, 15) is 5.11 Å². The second-order valence-corrected chi connectivity index (χ2v) is 7.52. The van der Waals surface area contributed by atoms with E-state index in [1.165, 1.54) is 25.7 Å². The highest BCUT2D eigenvalue weighted by atomic mass is 16.5. The van der Waals surface area contributed by atoms with E-state index in [1.807, 2.05) is 12.1 Å². The van der Waals surface area contributed by atoms with Gasteiger partial charge in [0.2, 0.25) is 0 Å². The van der Waals surface area contributed by atoms with Crippen LogP contribution in [0, 0.1) is 0 Å². The molecule has 0 saturated carbocycles. The third-order valence-electron chi connectivity index (χ3n) is 5.37. The predicted octanol–water partition coefficient (Wildman–Crippen LogP) is 2.14. The monoisotopic (exact) mass is 378 g/mol. The molecule has 0 amide bonds. The van der Waals surface area contributed by atoms with Crippen molar-refractivity contribution in [3.8, 4) is 11.5 Å². The average molecular weight is 379 g/mol. The minimum atomic E-state index is -0.529. The van der Waals surface area contributed by atoms with E-state index in [0.29, 0.717) is 6.54 Å². The van der Waals surface area contributed by atoms with Gasteiger partial charge in [-0.2, -0.15) is 0 Å². The van der Waals surface area contributed by atoms with Gasteiger partial charge in [0.25, 0.3) is 0 Å². The molecule has 1 aromatic rings. The molecule has 27 heavy (non-hydrogen) atoms. The predicted molar refractivity (Wildman–Crippen MR) is 105 cm³/mol. The minimum absolute atomic E-state index is 0.269. The molecule has 6 heteroatoms. The molecule has 0 bridgehead atoms. The summed E-state index contributed by atoms with van der Waals surface area (Å²) >= 11 is 0. The number of para-hydroxylation sites is 1. The summed E-state index contributed by atoms with van der Waals surface area (Å²) in [5.41, 5.74) is 1.13. The number of β-amino-alcohol motifs (C(OH)–C–C–N with tert-alkyl or cyclic N) is 1. The van der Waals surface area contributed by atoms with Crippen LogP contribution in [0.15, 0.2) is 18.2 Å². The van der Waals surface area contributed by atoms with Crippen LogP contribution in [0.1, 0.15) is 31.2 Å². The van der Waals surface area contributed by atoms with Gasteiger partial charge >= 0.3 is 0 Å². The second-order valence-electron chi connectivity index (χ2n) is 7.52. The SMILES string of the molecule is COc1cccc(CN2CCCCCC2)c1OC[C@H](O)CN1CCOCC1. The van der Waals surface area contributed by atoms with E-state index in [-0.39, 0.29) is 6.61 Å². The van der Waals surface area contributed by atoms with Crippen molar-refractivity contribution in [1.29, 1.82) is 0 Å². The van der Waals surface area contributed by atoms with Gasteiger partial charge in [-0.3, -0.25) is 9.80 Å². The highest BCUT2D eigenvalue weighted by Crippen LogP contribution is 2.32. The van der Waals surface area contributed by atoms with Crippen LogP contribution in [0.4, 0.5) is 0 Å². The van der Waals surface area contributed by atoms with Crippen molar-refractivity contribution in [2.75, 3.05) is 59.7 Å². The highest BCUT2D eigenvalue weighted by molar-refractivity contribution is 5.46. The Labute approximate surface area is 163 Å². The maximum absolute atomic E-state index is 10.4. The lowest BCUT2D eigenvalue weighted by atomic mass is 10.1. The lowest BCUT2D eigenvalue weighted by molar-refractivity contribution is 0.00431. The van der Waals surface area contributed by atoms with Gasteiger partial charge in [0.15, 0.2) is 11.5 Å². The number of hydrogen-bond donors (Lipinski definition) is 1. The summed E-state index contributed by atoms with van der Waals surface area (Å²) in [6.45, 7) is 7.22.